The number of rotatable bonds is 1. The van der Waals surface area contributed by atoms with Gasteiger partial charge in [-0.25, -0.2) is 0 Å². The van der Waals surface area contributed by atoms with Gasteiger partial charge in [-0.05, 0) is 6.92 Å². The van der Waals surface area contributed by atoms with Crippen molar-refractivity contribution in [1.82, 2.24) is 0 Å². The Kier molecular flexibility index (Phi) is 2.62. The lowest BCUT2D eigenvalue weighted by Crippen LogP contribution is -2.10. The van der Waals surface area contributed by atoms with Crippen molar-refractivity contribution in [3.8, 4) is 0 Å². The molecule has 42 valence electrons. The molecule has 0 aromatic rings. The summed E-state index contributed by atoms with van der Waals surface area (Å²) in [6.45, 7) is 6.18. The first kappa shape index (κ1) is 7.25. The molecule has 0 spiro atoms. The van der Waals surface area contributed by atoms with E-state index < -0.39 is 7.38 Å². The predicted octanol–water partition coefficient (Wildman–Crippen LogP) is 2.55. The largest absolute Gasteiger partial charge is 0.173 e. The molecule has 0 saturated heterocycles. The fraction of sp³-hybridized carbons (Fsp3) is 0.600. The Labute approximate surface area is 50.9 Å². The normalized spacial score (nSPS) is 13.1. The third-order valence-corrected chi connectivity index (χ3v) is 2.07. The van der Waals surface area contributed by atoms with E-state index in [1.54, 1.807) is 0 Å². The van der Waals surface area contributed by atoms with E-state index >= 15 is 0 Å². The van der Waals surface area contributed by atoms with Crippen LogP contribution in [-0.2, 0) is 0 Å². The first-order valence-corrected chi connectivity index (χ1v) is 6.48. The van der Waals surface area contributed by atoms with Crippen molar-refractivity contribution in [1.29, 1.82) is 0 Å². The fourth-order valence-electron chi connectivity index (χ4n) is 0.396. The minimum atomic E-state index is -1.37. The smallest absolute Gasteiger partial charge is 0.162 e. The number of halogens is 1. The summed E-state index contributed by atoms with van der Waals surface area (Å²) in [5.41, 5.74) is 2.09. The van der Waals surface area contributed by atoms with Gasteiger partial charge in [0.05, 0.1) is 0 Å². The summed E-state index contributed by atoms with van der Waals surface area (Å²) in [6.07, 6.45) is 2.01. The Morgan fingerprint density at radius 1 is 1.43 bits per heavy atom. The highest BCUT2D eigenvalue weighted by Crippen LogP contribution is 2.07. The van der Waals surface area contributed by atoms with E-state index in [9.17, 15) is 0 Å². The number of hydrogen-bond donors (Lipinski definition) is 0. The Morgan fingerprint density at radius 2 is 1.86 bits per heavy atom. The van der Waals surface area contributed by atoms with Gasteiger partial charge < -0.3 is 0 Å². The van der Waals surface area contributed by atoms with Gasteiger partial charge in [0, 0.05) is 0 Å². The Bertz CT molecular complexity index is 70.6. The first-order valence-electron chi connectivity index (χ1n) is 2.39. The maximum atomic E-state index is 5.89. The molecule has 0 atom stereocenters. The number of allylic oxidation sites excluding steroid dienone is 1. The molecule has 2 heteroatoms. The molecule has 0 heterocycles. The molecule has 0 radical (unpaired) electrons. The Hall–Kier alpha value is 0.247. The zero-order chi connectivity index (χ0) is 5.91. The van der Waals surface area contributed by atoms with Crippen molar-refractivity contribution >= 4 is 18.5 Å². The molecule has 0 rings (SSSR count). The quantitative estimate of drug-likeness (QED) is 0.382. The average Bonchev–Trinajstić information content (AvgIpc) is 1.30. The molecule has 0 saturated carbocycles. The summed E-state index contributed by atoms with van der Waals surface area (Å²) < 4.78 is 0. The Balaban J connectivity index is 3.56. The first-order chi connectivity index (χ1) is 3.06. The van der Waals surface area contributed by atoms with Crippen LogP contribution in [0.25, 0.3) is 0 Å². The van der Waals surface area contributed by atoms with Crippen molar-refractivity contribution in [2.45, 2.75) is 20.0 Å². The van der Waals surface area contributed by atoms with Crippen LogP contribution in [0.3, 0.4) is 0 Å². The van der Waals surface area contributed by atoms with Gasteiger partial charge in [0.1, 0.15) is 0 Å². The summed E-state index contributed by atoms with van der Waals surface area (Å²) in [4.78, 5) is 0. The topological polar surface area (TPSA) is 0 Å². The van der Waals surface area contributed by atoms with Gasteiger partial charge in [-0.15, -0.1) is 0 Å². The van der Waals surface area contributed by atoms with E-state index in [0.717, 1.165) is 0 Å². The molecule has 0 aliphatic heterocycles. The van der Waals surface area contributed by atoms with Gasteiger partial charge in [0.15, 0.2) is 7.38 Å². The molecule has 0 aliphatic carbocycles. The van der Waals surface area contributed by atoms with Crippen LogP contribution in [0.1, 0.15) is 6.92 Å². The zero-order valence-corrected chi connectivity index (χ0v) is 6.79. The van der Waals surface area contributed by atoms with E-state index in [-0.39, 0.29) is 0 Å². The lowest BCUT2D eigenvalue weighted by atomic mass is 10.8. The highest BCUT2D eigenvalue weighted by atomic mass is 35.6. The van der Waals surface area contributed by atoms with Crippen molar-refractivity contribution in [3.63, 3.8) is 0 Å². The molecular weight excluding hydrogens is 124 g/mol. The summed E-state index contributed by atoms with van der Waals surface area (Å²) in [7, 11) is -1.37. The highest BCUT2D eigenvalue weighted by molar-refractivity contribution is 7.21. The molecule has 7 heavy (non-hydrogen) atoms. The van der Waals surface area contributed by atoms with Crippen molar-refractivity contribution in [2.75, 3.05) is 0 Å². The molecule has 0 fully saturated rings. The zero-order valence-electron chi connectivity index (χ0n) is 5.03. The van der Waals surface area contributed by atoms with E-state index in [0.29, 0.717) is 0 Å². The SMILES string of the molecule is CC=C[Si](C)(C)Cl. The van der Waals surface area contributed by atoms with E-state index in [1.165, 1.54) is 0 Å². The van der Waals surface area contributed by atoms with E-state index in [2.05, 4.69) is 18.8 Å². The minimum Gasteiger partial charge on any atom is -0.162 e. The van der Waals surface area contributed by atoms with Crippen LogP contribution in [0.2, 0.25) is 13.1 Å². The van der Waals surface area contributed by atoms with Crippen LogP contribution in [0, 0.1) is 0 Å². The summed E-state index contributed by atoms with van der Waals surface area (Å²) in [5.74, 6) is 0. The van der Waals surface area contributed by atoms with Crippen molar-refractivity contribution < 1.29 is 0 Å². The van der Waals surface area contributed by atoms with Crippen LogP contribution < -0.4 is 0 Å². The lowest BCUT2D eigenvalue weighted by molar-refractivity contribution is 1.75. The minimum absolute atomic E-state index is 1.37. The number of hydrogen-bond acceptors (Lipinski definition) is 0. The summed E-state index contributed by atoms with van der Waals surface area (Å²) in [5, 5.41) is 0. The van der Waals surface area contributed by atoms with Crippen molar-refractivity contribution in [2.24, 2.45) is 0 Å². The third kappa shape index (κ3) is 6.25. The lowest BCUT2D eigenvalue weighted by Gasteiger charge is -2.02. The van der Waals surface area contributed by atoms with Gasteiger partial charge in [-0.3, -0.25) is 0 Å². The third-order valence-electron chi connectivity index (χ3n) is 0.563. The molecule has 0 aromatic carbocycles. The highest BCUT2D eigenvalue weighted by Gasteiger charge is 2.09. The standard InChI is InChI=1S/C5H11ClSi/c1-4-5-7(2,3)6/h4-5H,1-3H3. The average molecular weight is 135 g/mol. The van der Waals surface area contributed by atoms with Gasteiger partial charge in [-0.1, -0.05) is 24.9 Å². The molecule has 0 nitrogen and oxygen atoms in total. The summed E-state index contributed by atoms with van der Waals surface area (Å²) >= 11 is 5.89. The molecular formula is C5H11ClSi. The fourth-order valence-corrected chi connectivity index (χ4v) is 1.57. The van der Waals surface area contributed by atoms with E-state index in [4.69, 9.17) is 11.1 Å². The second kappa shape index (κ2) is 2.53. The van der Waals surface area contributed by atoms with Crippen LogP contribution in [0.15, 0.2) is 11.8 Å². The maximum Gasteiger partial charge on any atom is 0.173 e. The second-order valence-corrected chi connectivity index (χ2v) is 8.45. The summed E-state index contributed by atoms with van der Waals surface area (Å²) in [6, 6.07) is 0. The van der Waals surface area contributed by atoms with Gasteiger partial charge in [0.2, 0.25) is 0 Å². The second-order valence-electron chi connectivity index (χ2n) is 2.06. The van der Waals surface area contributed by atoms with E-state index in [1.807, 2.05) is 13.0 Å². The van der Waals surface area contributed by atoms with Crippen LogP contribution >= 0.6 is 11.1 Å². The van der Waals surface area contributed by atoms with Crippen LogP contribution in [-0.4, -0.2) is 7.38 Å². The van der Waals surface area contributed by atoms with Gasteiger partial charge in [-0.2, -0.15) is 11.1 Å². The van der Waals surface area contributed by atoms with Crippen LogP contribution in [0.5, 0.6) is 0 Å². The van der Waals surface area contributed by atoms with Crippen LogP contribution in [0.4, 0.5) is 0 Å². The van der Waals surface area contributed by atoms with Crippen molar-refractivity contribution in [3.05, 3.63) is 11.8 Å². The van der Waals surface area contributed by atoms with Gasteiger partial charge >= 0.3 is 0 Å². The molecule has 0 amide bonds. The molecule has 0 unspecified atom stereocenters. The monoisotopic (exact) mass is 134 g/mol. The predicted molar refractivity (Wildman–Crippen MR) is 38.1 cm³/mol. The molecule has 0 N–H and O–H groups in total. The molecule has 0 aliphatic rings. The van der Waals surface area contributed by atoms with Gasteiger partial charge in [0.25, 0.3) is 0 Å². The maximum absolute atomic E-state index is 5.89. The molecule has 0 bridgehead atoms. The Morgan fingerprint density at radius 3 is 1.86 bits per heavy atom. The molecule has 0 aromatic heterocycles.